The van der Waals surface area contributed by atoms with E-state index in [4.69, 9.17) is 0 Å². The lowest BCUT2D eigenvalue weighted by Gasteiger charge is -2.30. The third kappa shape index (κ3) is 2.56. The summed E-state index contributed by atoms with van der Waals surface area (Å²) < 4.78 is 53.0. The molecule has 1 aromatic carbocycles. The number of rotatable bonds is 1. The molecule has 1 saturated heterocycles. The second kappa shape index (κ2) is 5.16. The first-order chi connectivity index (χ1) is 8.91. The van der Waals surface area contributed by atoms with Crippen molar-refractivity contribution in [2.24, 2.45) is 0 Å². The van der Waals surface area contributed by atoms with Crippen LogP contribution in [0.2, 0.25) is 0 Å². The number of carbonyl (C=O) groups excluding carboxylic acids is 1. The molecule has 2 rings (SSSR count). The third-order valence-corrected chi connectivity index (χ3v) is 3.01. The predicted molar refractivity (Wildman–Crippen MR) is 57.4 cm³/mol. The first-order valence-corrected chi connectivity index (χ1v) is 5.72. The van der Waals surface area contributed by atoms with E-state index in [2.05, 4.69) is 0 Å². The van der Waals surface area contributed by atoms with Crippen LogP contribution in [0.15, 0.2) is 6.07 Å². The summed E-state index contributed by atoms with van der Waals surface area (Å²) in [5.74, 6) is -7.85. The maximum atomic E-state index is 13.5. The van der Waals surface area contributed by atoms with Gasteiger partial charge in [0.25, 0.3) is 5.91 Å². The molecule has 1 atom stereocenters. The van der Waals surface area contributed by atoms with Crippen LogP contribution in [-0.2, 0) is 0 Å². The van der Waals surface area contributed by atoms with Crippen LogP contribution in [0, 0.1) is 23.3 Å². The van der Waals surface area contributed by atoms with Crippen LogP contribution in [0.3, 0.4) is 0 Å². The number of likely N-dealkylation sites (tertiary alicyclic amines) is 1. The van der Waals surface area contributed by atoms with E-state index in [0.717, 1.165) is 4.90 Å². The van der Waals surface area contributed by atoms with Crippen molar-refractivity contribution in [2.75, 3.05) is 13.1 Å². The fourth-order valence-electron chi connectivity index (χ4n) is 2.06. The Kier molecular flexibility index (Phi) is 3.75. The molecule has 0 spiro atoms. The summed E-state index contributed by atoms with van der Waals surface area (Å²) in [6.07, 6.45) is 0.113. The molecule has 1 aromatic rings. The molecular formula is C12H11F4NO2. The number of hydrogen-bond donors (Lipinski definition) is 1. The minimum atomic E-state index is -1.72. The highest BCUT2D eigenvalue weighted by atomic mass is 19.2. The van der Waals surface area contributed by atoms with Crippen molar-refractivity contribution >= 4 is 5.91 Å². The summed E-state index contributed by atoms with van der Waals surface area (Å²) in [6.45, 7) is 0.0583. The van der Waals surface area contributed by atoms with Crippen LogP contribution in [0.25, 0.3) is 0 Å². The zero-order chi connectivity index (χ0) is 14.2. The van der Waals surface area contributed by atoms with Crippen molar-refractivity contribution in [1.82, 2.24) is 4.90 Å². The van der Waals surface area contributed by atoms with Crippen LogP contribution in [-0.4, -0.2) is 35.1 Å². The van der Waals surface area contributed by atoms with Crippen LogP contribution < -0.4 is 0 Å². The highest BCUT2D eigenvalue weighted by Gasteiger charge is 2.30. The van der Waals surface area contributed by atoms with Crippen LogP contribution in [0.1, 0.15) is 23.2 Å². The summed E-state index contributed by atoms with van der Waals surface area (Å²) in [7, 11) is 0. The lowest BCUT2D eigenvalue weighted by molar-refractivity contribution is 0.0464. The van der Waals surface area contributed by atoms with Gasteiger partial charge in [-0.05, 0) is 12.8 Å². The largest absolute Gasteiger partial charge is 0.391 e. The molecule has 1 aliphatic rings. The maximum Gasteiger partial charge on any atom is 0.260 e. The Hall–Kier alpha value is -1.63. The predicted octanol–water partition coefficient (Wildman–Crippen LogP) is 1.84. The van der Waals surface area contributed by atoms with Crippen molar-refractivity contribution in [1.29, 1.82) is 0 Å². The molecule has 0 saturated carbocycles. The number of benzene rings is 1. The average molecular weight is 277 g/mol. The topological polar surface area (TPSA) is 40.5 Å². The number of aliphatic hydroxyl groups is 1. The van der Waals surface area contributed by atoms with Crippen molar-refractivity contribution < 1.29 is 27.5 Å². The molecule has 104 valence electrons. The fraction of sp³-hybridized carbons (Fsp3) is 0.417. The molecule has 1 unspecified atom stereocenters. The van der Waals surface area contributed by atoms with Crippen LogP contribution in [0.5, 0.6) is 0 Å². The third-order valence-electron chi connectivity index (χ3n) is 3.01. The molecule has 0 radical (unpaired) electrons. The lowest BCUT2D eigenvalue weighted by Crippen LogP contribution is -2.43. The summed E-state index contributed by atoms with van der Waals surface area (Å²) in [5, 5.41) is 9.39. The van der Waals surface area contributed by atoms with Gasteiger partial charge in [-0.15, -0.1) is 0 Å². The fourth-order valence-corrected chi connectivity index (χ4v) is 2.06. The molecular weight excluding hydrogens is 266 g/mol. The van der Waals surface area contributed by atoms with E-state index in [9.17, 15) is 27.5 Å². The van der Waals surface area contributed by atoms with Crippen molar-refractivity contribution in [2.45, 2.75) is 18.9 Å². The van der Waals surface area contributed by atoms with E-state index in [0.29, 0.717) is 12.8 Å². The van der Waals surface area contributed by atoms with E-state index in [1.54, 1.807) is 0 Å². The average Bonchev–Trinajstić information content (AvgIpc) is 2.36. The first kappa shape index (κ1) is 13.8. The van der Waals surface area contributed by atoms with Crippen molar-refractivity contribution in [3.8, 4) is 0 Å². The zero-order valence-electron chi connectivity index (χ0n) is 9.80. The second-order valence-corrected chi connectivity index (χ2v) is 4.39. The van der Waals surface area contributed by atoms with E-state index < -0.39 is 40.8 Å². The maximum absolute atomic E-state index is 13.5. The van der Waals surface area contributed by atoms with Gasteiger partial charge in [-0.2, -0.15) is 0 Å². The Bertz CT molecular complexity index is 495. The van der Waals surface area contributed by atoms with Crippen molar-refractivity contribution in [3.05, 3.63) is 34.9 Å². The van der Waals surface area contributed by atoms with E-state index in [1.165, 1.54) is 0 Å². The number of piperidine rings is 1. The highest BCUT2D eigenvalue weighted by Crippen LogP contribution is 2.22. The van der Waals surface area contributed by atoms with Gasteiger partial charge >= 0.3 is 0 Å². The van der Waals surface area contributed by atoms with Crippen LogP contribution in [0.4, 0.5) is 17.6 Å². The molecule has 19 heavy (non-hydrogen) atoms. The molecule has 1 heterocycles. The Morgan fingerprint density at radius 1 is 1.21 bits per heavy atom. The lowest BCUT2D eigenvalue weighted by atomic mass is 10.1. The van der Waals surface area contributed by atoms with Gasteiger partial charge in [-0.3, -0.25) is 4.79 Å². The van der Waals surface area contributed by atoms with Gasteiger partial charge in [-0.1, -0.05) is 0 Å². The molecule has 0 aromatic heterocycles. The van der Waals surface area contributed by atoms with Gasteiger partial charge in [-0.25, -0.2) is 17.6 Å². The molecule has 1 fully saturated rings. The number of nitrogens with zero attached hydrogens (tertiary/aromatic N) is 1. The minimum absolute atomic E-state index is 0.0481. The molecule has 0 bridgehead atoms. The summed E-state index contributed by atoms with van der Waals surface area (Å²) in [6, 6.07) is 0.0481. The number of β-amino-alcohol motifs (C(OH)–C–C–N with tert-alkyl or cyclic N) is 1. The molecule has 0 aliphatic carbocycles. The minimum Gasteiger partial charge on any atom is -0.391 e. The number of carbonyl (C=O) groups is 1. The van der Waals surface area contributed by atoms with Gasteiger partial charge in [0, 0.05) is 19.2 Å². The molecule has 1 N–H and O–H groups in total. The first-order valence-electron chi connectivity index (χ1n) is 5.72. The van der Waals surface area contributed by atoms with E-state index >= 15 is 0 Å². The summed E-state index contributed by atoms with van der Waals surface area (Å²) >= 11 is 0. The standard InChI is InChI=1S/C12H11F4NO2/c13-7-4-8(14)11(16)9(10(7)15)12(19)17-3-1-2-6(18)5-17/h4,6,18H,1-3,5H2. The molecule has 3 nitrogen and oxygen atoms in total. The quantitative estimate of drug-likeness (QED) is 0.628. The van der Waals surface area contributed by atoms with Gasteiger partial charge in [0.2, 0.25) is 0 Å². The summed E-state index contributed by atoms with van der Waals surface area (Å²) in [4.78, 5) is 12.9. The highest BCUT2D eigenvalue weighted by molar-refractivity contribution is 5.95. The van der Waals surface area contributed by atoms with Gasteiger partial charge in [0.1, 0.15) is 5.56 Å². The summed E-state index contributed by atoms with van der Waals surface area (Å²) in [5.41, 5.74) is -1.26. The zero-order valence-corrected chi connectivity index (χ0v) is 9.80. The number of halogens is 4. The Labute approximate surface area is 106 Å². The Morgan fingerprint density at radius 3 is 2.32 bits per heavy atom. The van der Waals surface area contributed by atoms with Crippen molar-refractivity contribution in [3.63, 3.8) is 0 Å². The second-order valence-electron chi connectivity index (χ2n) is 4.39. The molecule has 7 heteroatoms. The normalized spacial score (nSPS) is 19.6. The number of aliphatic hydroxyl groups excluding tert-OH is 1. The Balaban J connectivity index is 2.38. The molecule has 1 amide bonds. The molecule has 1 aliphatic heterocycles. The van der Waals surface area contributed by atoms with E-state index in [-0.39, 0.29) is 19.2 Å². The Morgan fingerprint density at radius 2 is 1.79 bits per heavy atom. The van der Waals surface area contributed by atoms with Gasteiger partial charge in [0.15, 0.2) is 23.3 Å². The van der Waals surface area contributed by atoms with Gasteiger partial charge < -0.3 is 10.0 Å². The number of hydrogen-bond acceptors (Lipinski definition) is 2. The van der Waals surface area contributed by atoms with Gasteiger partial charge in [0.05, 0.1) is 6.10 Å². The number of amides is 1. The monoisotopic (exact) mass is 277 g/mol. The SMILES string of the molecule is O=C(c1c(F)c(F)cc(F)c1F)N1CCCC(O)C1. The smallest absolute Gasteiger partial charge is 0.260 e. The van der Waals surface area contributed by atoms with E-state index in [1.807, 2.05) is 0 Å². The van der Waals surface area contributed by atoms with Crippen LogP contribution >= 0.6 is 0 Å².